The van der Waals surface area contributed by atoms with Crippen LogP contribution in [0.5, 0.6) is 0 Å². The Labute approximate surface area is 111 Å². The third-order valence-corrected chi connectivity index (χ3v) is 4.07. The summed E-state index contributed by atoms with van der Waals surface area (Å²) in [4.78, 5) is 14.4. The molecular weight excluding hydrogens is 226 g/mol. The van der Waals surface area contributed by atoms with Crippen LogP contribution in [0.25, 0.3) is 0 Å². The summed E-state index contributed by atoms with van der Waals surface area (Å²) in [7, 11) is 2.01. The van der Waals surface area contributed by atoms with Crippen molar-refractivity contribution in [3.63, 3.8) is 0 Å². The lowest BCUT2D eigenvalue weighted by Gasteiger charge is -2.35. The lowest BCUT2D eigenvalue weighted by molar-refractivity contribution is -0.127. The molecule has 1 saturated heterocycles. The Bertz CT molecular complexity index is 249. The summed E-state index contributed by atoms with van der Waals surface area (Å²) in [6.45, 7) is 9.36. The fourth-order valence-corrected chi connectivity index (χ4v) is 2.46. The molecule has 4 heteroatoms. The van der Waals surface area contributed by atoms with E-state index in [1.54, 1.807) is 0 Å². The maximum Gasteiger partial charge on any atom is 0.237 e. The molecule has 0 aromatic heterocycles. The van der Waals surface area contributed by atoms with Gasteiger partial charge in [-0.3, -0.25) is 9.69 Å². The van der Waals surface area contributed by atoms with E-state index in [-0.39, 0.29) is 18.0 Å². The van der Waals surface area contributed by atoms with E-state index in [0.29, 0.717) is 0 Å². The van der Waals surface area contributed by atoms with Crippen molar-refractivity contribution in [2.24, 2.45) is 5.92 Å². The minimum Gasteiger partial charge on any atom is -0.352 e. The van der Waals surface area contributed by atoms with E-state index >= 15 is 0 Å². The second-order valence-corrected chi connectivity index (χ2v) is 5.53. The minimum atomic E-state index is 0.00883. The third kappa shape index (κ3) is 4.58. The zero-order chi connectivity index (χ0) is 13.5. The van der Waals surface area contributed by atoms with Gasteiger partial charge in [-0.05, 0) is 65.7 Å². The highest BCUT2D eigenvalue weighted by Gasteiger charge is 2.26. The fourth-order valence-electron chi connectivity index (χ4n) is 2.46. The number of nitrogens with one attached hydrogen (secondary N) is 2. The molecule has 2 unspecified atom stereocenters. The maximum atomic E-state index is 12.1. The van der Waals surface area contributed by atoms with Crippen molar-refractivity contribution in [2.45, 2.75) is 52.1 Å². The van der Waals surface area contributed by atoms with E-state index in [9.17, 15) is 4.79 Å². The molecule has 0 radical (unpaired) electrons. The predicted octanol–water partition coefficient (Wildman–Crippen LogP) is 1.22. The van der Waals surface area contributed by atoms with Gasteiger partial charge in [0.15, 0.2) is 0 Å². The van der Waals surface area contributed by atoms with E-state index in [1.165, 1.54) is 12.8 Å². The summed E-state index contributed by atoms with van der Waals surface area (Å²) >= 11 is 0. The SMILES string of the molecule is CCC(C)NC(=O)C(C)N1CCC(CNC)CC1. The molecule has 18 heavy (non-hydrogen) atoms. The molecule has 1 amide bonds. The standard InChI is InChI=1S/C14H29N3O/c1-5-11(2)16-14(18)12(3)17-8-6-13(7-9-17)10-15-4/h11-13,15H,5-10H2,1-4H3,(H,16,18). The van der Waals surface area contributed by atoms with Gasteiger partial charge in [-0.2, -0.15) is 0 Å². The smallest absolute Gasteiger partial charge is 0.237 e. The van der Waals surface area contributed by atoms with E-state index in [1.807, 2.05) is 14.0 Å². The second-order valence-electron chi connectivity index (χ2n) is 5.53. The normalized spacial score (nSPS) is 21.6. The Morgan fingerprint density at radius 2 is 1.94 bits per heavy atom. The summed E-state index contributed by atoms with van der Waals surface area (Å²) in [6, 6.07) is 0.288. The maximum absolute atomic E-state index is 12.1. The largest absolute Gasteiger partial charge is 0.352 e. The molecular formula is C14H29N3O. The predicted molar refractivity (Wildman–Crippen MR) is 75.6 cm³/mol. The Balaban J connectivity index is 2.35. The number of rotatable bonds is 6. The molecule has 1 fully saturated rings. The van der Waals surface area contributed by atoms with Crippen LogP contribution in [-0.4, -0.2) is 49.6 Å². The van der Waals surface area contributed by atoms with Crippen LogP contribution in [0, 0.1) is 5.92 Å². The molecule has 0 saturated carbocycles. The monoisotopic (exact) mass is 255 g/mol. The number of nitrogens with zero attached hydrogens (tertiary/aromatic N) is 1. The Hall–Kier alpha value is -0.610. The highest BCUT2D eigenvalue weighted by molar-refractivity contribution is 5.81. The first-order chi connectivity index (χ1) is 8.58. The molecule has 2 N–H and O–H groups in total. The molecule has 0 aromatic carbocycles. The van der Waals surface area contributed by atoms with Crippen LogP contribution in [0.3, 0.4) is 0 Å². The number of hydrogen-bond donors (Lipinski definition) is 2. The van der Waals surface area contributed by atoms with Crippen LogP contribution < -0.4 is 10.6 Å². The zero-order valence-electron chi connectivity index (χ0n) is 12.3. The highest BCUT2D eigenvalue weighted by Crippen LogP contribution is 2.18. The summed E-state index contributed by atoms with van der Waals surface area (Å²) in [5.41, 5.74) is 0. The fraction of sp³-hybridized carbons (Fsp3) is 0.929. The quantitative estimate of drug-likeness (QED) is 0.750. The number of hydrogen-bond acceptors (Lipinski definition) is 3. The lowest BCUT2D eigenvalue weighted by Crippen LogP contribution is -2.50. The van der Waals surface area contributed by atoms with Gasteiger partial charge >= 0.3 is 0 Å². The average Bonchev–Trinajstić information content (AvgIpc) is 2.39. The van der Waals surface area contributed by atoms with Crippen molar-refractivity contribution in [1.82, 2.24) is 15.5 Å². The van der Waals surface area contributed by atoms with Gasteiger partial charge < -0.3 is 10.6 Å². The van der Waals surface area contributed by atoms with Crippen LogP contribution in [0.2, 0.25) is 0 Å². The van der Waals surface area contributed by atoms with E-state index in [0.717, 1.165) is 32.0 Å². The number of piperidine rings is 1. The Morgan fingerprint density at radius 3 is 2.44 bits per heavy atom. The van der Waals surface area contributed by atoms with E-state index < -0.39 is 0 Å². The van der Waals surface area contributed by atoms with Gasteiger partial charge in [0.05, 0.1) is 6.04 Å². The first-order valence-electron chi connectivity index (χ1n) is 7.27. The van der Waals surface area contributed by atoms with E-state index in [2.05, 4.69) is 29.4 Å². The molecule has 1 heterocycles. The summed E-state index contributed by atoms with van der Waals surface area (Å²) in [5, 5.41) is 6.31. The molecule has 0 spiro atoms. The van der Waals surface area contributed by atoms with Crippen molar-refractivity contribution < 1.29 is 4.79 Å². The van der Waals surface area contributed by atoms with Crippen LogP contribution in [0.1, 0.15) is 40.0 Å². The molecule has 0 bridgehead atoms. The topological polar surface area (TPSA) is 44.4 Å². The second kappa shape index (κ2) is 7.74. The molecule has 1 aliphatic rings. The molecule has 0 aliphatic carbocycles. The van der Waals surface area contributed by atoms with Gasteiger partial charge in [0.2, 0.25) is 5.91 Å². The molecule has 0 aromatic rings. The third-order valence-electron chi connectivity index (χ3n) is 4.07. The highest BCUT2D eigenvalue weighted by atomic mass is 16.2. The first-order valence-corrected chi connectivity index (χ1v) is 7.27. The Kier molecular flexibility index (Phi) is 6.65. The summed E-state index contributed by atoms with van der Waals surface area (Å²) < 4.78 is 0. The number of amides is 1. The molecule has 1 aliphatic heterocycles. The summed E-state index contributed by atoms with van der Waals surface area (Å²) in [5.74, 6) is 0.951. The van der Waals surface area contributed by atoms with Crippen molar-refractivity contribution in [1.29, 1.82) is 0 Å². The first kappa shape index (κ1) is 15.4. The van der Waals surface area contributed by atoms with Gasteiger partial charge in [-0.1, -0.05) is 6.92 Å². The van der Waals surface area contributed by atoms with E-state index in [4.69, 9.17) is 0 Å². The van der Waals surface area contributed by atoms with Crippen LogP contribution in [-0.2, 0) is 4.79 Å². The summed E-state index contributed by atoms with van der Waals surface area (Å²) in [6.07, 6.45) is 3.38. The molecule has 4 nitrogen and oxygen atoms in total. The Morgan fingerprint density at radius 1 is 1.33 bits per heavy atom. The van der Waals surface area contributed by atoms with Crippen molar-refractivity contribution in [2.75, 3.05) is 26.7 Å². The van der Waals surface area contributed by atoms with Crippen molar-refractivity contribution in [3.05, 3.63) is 0 Å². The number of likely N-dealkylation sites (tertiary alicyclic amines) is 1. The zero-order valence-corrected chi connectivity index (χ0v) is 12.3. The van der Waals surface area contributed by atoms with Gasteiger partial charge in [0.1, 0.15) is 0 Å². The van der Waals surface area contributed by atoms with Crippen LogP contribution in [0.4, 0.5) is 0 Å². The van der Waals surface area contributed by atoms with Crippen molar-refractivity contribution >= 4 is 5.91 Å². The van der Waals surface area contributed by atoms with Gasteiger partial charge in [-0.25, -0.2) is 0 Å². The lowest BCUT2D eigenvalue weighted by atomic mass is 9.96. The van der Waals surface area contributed by atoms with Crippen LogP contribution >= 0.6 is 0 Å². The van der Waals surface area contributed by atoms with Crippen molar-refractivity contribution in [3.8, 4) is 0 Å². The minimum absolute atomic E-state index is 0.00883. The van der Waals surface area contributed by atoms with Gasteiger partial charge in [0, 0.05) is 6.04 Å². The van der Waals surface area contributed by atoms with Gasteiger partial charge in [0.25, 0.3) is 0 Å². The number of carbonyl (C=O) groups excluding carboxylic acids is 1. The molecule has 2 atom stereocenters. The van der Waals surface area contributed by atoms with Gasteiger partial charge in [-0.15, -0.1) is 0 Å². The number of carbonyl (C=O) groups is 1. The molecule has 106 valence electrons. The molecule has 1 rings (SSSR count). The average molecular weight is 255 g/mol. The van der Waals surface area contributed by atoms with Crippen LogP contribution in [0.15, 0.2) is 0 Å².